The molecule has 2 nitrogen and oxygen atoms in total. The quantitative estimate of drug-likeness (QED) is 0.0692. The van der Waals surface area contributed by atoms with Crippen LogP contribution in [0.15, 0.2) is 97.6 Å². The monoisotopic (exact) mass is 590 g/mol. The summed E-state index contributed by atoms with van der Waals surface area (Å²) in [5, 5.41) is 0. The molecule has 0 aliphatic rings. The van der Waals surface area contributed by atoms with Crippen molar-refractivity contribution in [3.05, 3.63) is 121 Å². The second kappa shape index (κ2) is 16.5. The molecule has 0 fully saturated rings. The Balaban J connectivity index is 1.05. The first-order chi connectivity index (χ1) is 20.9. The van der Waals surface area contributed by atoms with Crippen LogP contribution >= 0.6 is 0 Å². The van der Waals surface area contributed by atoms with Crippen LogP contribution in [-0.2, 0) is 0 Å². The maximum atomic E-state index is 14.5. The van der Waals surface area contributed by atoms with E-state index in [1.165, 1.54) is 36.4 Å². The Kier molecular flexibility index (Phi) is 12.3. The van der Waals surface area contributed by atoms with Crippen molar-refractivity contribution in [3.8, 4) is 33.8 Å². The van der Waals surface area contributed by atoms with Gasteiger partial charge in [0.2, 0.25) is 0 Å². The van der Waals surface area contributed by atoms with E-state index >= 15 is 0 Å². The van der Waals surface area contributed by atoms with Gasteiger partial charge in [0.1, 0.15) is 34.8 Å². The van der Waals surface area contributed by atoms with Gasteiger partial charge in [-0.25, -0.2) is 17.6 Å². The molecule has 0 radical (unpaired) electrons. The number of halogens is 4. The molecule has 6 heteroatoms. The van der Waals surface area contributed by atoms with Crippen LogP contribution in [-0.4, -0.2) is 13.2 Å². The van der Waals surface area contributed by atoms with E-state index in [0.717, 1.165) is 51.4 Å². The molecule has 0 aromatic heterocycles. The number of ether oxygens (including phenoxy) is 2. The molecule has 0 amide bonds. The molecule has 0 saturated heterocycles. The summed E-state index contributed by atoms with van der Waals surface area (Å²) in [6.07, 6.45) is 10.1. The molecule has 0 aliphatic heterocycles. The minimum atomic E-state index is -0.393. The molecular weight excluding hydrogens is 552 g/mol. The van der Waals surface area contributed by atoms with E-state index in [1.807, 2.05) is 6.08 Å². The number of allylic oxidation sites excluding steroid dienone is 1. The predicted octanol–water partition coefficient (Wildman–Crippen LogP) is 11.0. The Morgan fingerprint density at radius 2 is 0.953 bits per heavy atom. The van der Waals surface area contributed by atoms with Gasteiger partial charge in [0.25, 0.3) is 0 Å². The highest BCUT2D eigenvalue weighted by Crippen LogP contribution is 2.28. The number of unbranched alkanes of at least 4 members (excludes halogenated alkanes) is 4. The van der Waals surface area contributed by atoms with Crippen molar-refractivity contribution >= 4 is 0 Å². The van der Waals surface area contributed by atoms with E-state index in [1.54, 1.807) is 48.5 Å². The molecule has 4 aromatic carbocycles. The third-order valence-corrected chi connectivity index (χ3v) is 7.50. The van der Waals surface area contributed by atoms with Gasteiger partial charge < -0.3 is 9.47 Å². The fraction of sp³-hybridized carbons (Fsp3) is 0.297. The van der Waals surface area contributed by atoms with Crippen molar-refractivity contribution < 1.29 is 27.0 Å². The summed E-state index contributed by atoms with van der Waals surface area (Å²) in [6, 6.07) is 21.1. The van der Waals surface area contributed by atoms with Gasteiger partial charge in [-0.1, -0.05) is 56.0 Å². The Hall–Kier alpha value is -4.06. The molecule has 43 heavy (non-hydrogen) atoms. The molecule has 0 bridgehead atoms. The van der Waals surface area contributed by atoms with Gasteiger partial charge >= 0.3 is 0 Å². The van der Waals surface area contributed by atoms with Gasteiger partial charge in [-0.2, -0.15) is 0 Å². The minimum Gasteiger partial charge on any atom is -0.493 e. The third kappa shape index (κ3) is 10.0. The Labute approximate surface area is 252 Å². The number of hydrogen-bond donors (Lipinski definition) is 0. The molecule has 0 spiro atoms. The Bertz CT molecular complexity index is 1330. The first-order valence-corrected chi connectivity index (χ1v) is 14.9. The number of rotatable bonds is 17. The van der Waals surface area contributed by atoms with Crippen molar-refractivity contribution in [3.63, 3.8) is 0 Å². The second-order valence-electron chi connectivity index (χ2n) is 10.7. The predicted molar refractivity (Wildman–Crippen MR) is 165 cm³/mol. The molecule has 0 aliphatic carbocycles. The second-order valence-corrected chi connectivity index (χ2v) is 10.7. The van der Waals surface area contributed by atoms with Crippen LogP contribution in [0.3, 0.4) is 0 Å². The van der Waals surface area contributed by atoms with Gasteiger partial charge in [0, 0.05) is 23.3 Å². The van der Waals surface area contributed by atoms with Crippen LogP contribution in [0.2, 0.25) is 0 Å². The lowest BCUT2D eigenvalue weighted by atomic mass is 9.95. The van der Waals surface area contributed by atoms with Crippen molar-refractivity contribution in [2.75, 3.05) is 13.2 Å². The Morgan fingerprint density at radius 1 is 0.535 bits per heavy atom. The average molecular weight is 591 g/mol. The molecule has 0 saturated carbocycles. The summed E-state index contributed by atoms with van der Waals surface area (Å²) in [6.45, 7) is 5.04. The van der Waals surface area contributed by atoms with E-state index in [4.69, 9.17) is 9.47 Å². The van der Waals surface area contributed by atoms with Crippen molar-refractivity contribution in [2.45, 2.75) is 51.4 Å². The highest BCUT2D eigenvalue weighted by Gasteiger charge is 2.09. The third-order valence-electron chi connectivity index (χ3n) is 7.50. The first-order valence-electron chi connectivity index (χ1n) is 14.9. The van der Waals surface area contributed by atoms with Gasteiger partial charge in [-0.3, -0.25) is 0 Å². The molecular formula is C37H38F4O2. The summed E-state index contributed by atoms with van der Waals surface area (Å²) in [4.78, 5) is 0. The molecule has 0 unspecified atom stereocenters. The summed E-state index contributed by atoms with van der Waals surface area (Å²) < 4.78 is 66.8. The minimum absolute atomic E-state index is 0.353. The van der Waals surface area contributed by atoms with Crippen LogP contribution in [0, 0.1) is 29.2 Å². The standard InChI is InChI=1S/C37H38F4O2/c1-2-27(9-5-3-7-23-42-32-19-21-34(36(40)25-32)28-11-15-30(38)16-12-28)10-6-4-8-24-43-33-20-22-35(37(41)26-33)29-13-17-31(39)18-14-29/h2,11-22,25-27H,1,3-10,23-24H2. The van der Waals surface area contributed by atoms with Crippen LogP contribution in [0.4, 0.5) is 17.6 Å². The van der Waals surface area contributed by atoms with E-state index in [-0.39, 0.29) is 11.6 Å². The van der Waals surface area contributed by atoms with Crippen molar-refractivity contribution in [2.24, 2.45) is 5.92 Å². The zero-order chi connectivity index (χ0) is 30.4. The van der Waals surface area contributed by atoms with E-state index in [9.17, 15) is 17.6 Å². The SMILES string of the molecule is C=CC(CCCCCOc1ccc(-c2ccc(F)cc2)c(F)c1)CCCCCOc1ccc(-c2ccc(F)cc2)c(F)c1. The fourth-order valence-electron chi connectivity index (χ4n) is 5.03. The highest BCUT2D eigenvalue weighted by molar-refractivity contribution is 5.65. The van der Waals surface area contributed by atoms with Gasteiger partial charge in [0.15, 0.2) is 0 Å². The lowest BCUT2D eigenvalue weighted by molar-refractivity contribution is 0.298. The molecule has 226 valence electrons. The maximum Gasteiger partial charge on any atom is 0.134 e. The van der Waals surface area contributed by atoms with Crippen LogP contribution in [0.5, 0.6) is 11.5 Å². The average Bonchev–Trinajstić information content (AvgIpc) is 3.01. The van der Waals surface area contributed by atoms with Crippen LogP contribution < -0.4 is 9.47 Å². The molecule has 0 N–H and O–H groups in total. The largest absolute Gasteiger partial charge is 0.493 e. The molecule has 4 aromatic rings. The lowest BCUT2D eigenvalue weighted by Crippen LogP contribution is -2.01. The molecule has 0 heterocycles. The summed E-state index contributed by atoms with van der Waals surface area (Å²) in [7, 11) is 0. The molecule has 0 atom stereocenters. The lowest BCUT2D eigenvalue weighted by Gasteiger charge is -2.13. The maximum absolute atomic E-state index is 14.5. The van der Waals surface area contributed by atoms with Crippen LogP contribution in [0.1, 0.15) is 51.4 Å². The Morgan fingerprint density at radius 3 is 1.33 bits per heavy atom. The zero-order valence-corrected chi connectivity index (χ0v) is 24.3. The summed E-state index contributed by atoms with van der Waals surface area (Å²) in [5.41, 5.74) is 2.08. The first kappa shape index (κ1) is 31.9. The molecule has 4 rings (SSSR count). The van der Waals surface area contributed by atoms with Crippen molar-refractivity contribution in [1.29, 1.82) is 0 Å². The van der Waals surface area contributed by atoms with E-state index in [0.29, 0.717) is 52.9 Å². The highest BCUT2D eigenvalue weighted by atomic mass is 19.1. The topological polar surface area (TPSA) is 18.5 Å². The summed E-state index contributed by atoms with van der Waals surface area (Å²) >= 11 is 0. The van der Waals surface area contributed by atoms with E-state index in [2.05, 4.69) is 6.58 Å². The summed E-state index contributed by atoms with van der Waals surface area (Å²) in [5.74, 6) is -0.0519. The van der Waals surface area contributed by atoms with Gasteiger partial charge in [-0.05, 0) is 91.3 Å². The van der Waals surface area contributed by atoms with E-state index < -0.39 is 11.6 Å². The number of hydrogen-bond acceptors (Lipinski definition) is 2. The number of benzene rings is 4. The van der Waals surface area contributed by atoms with Gasteiger partial charge in [0.05, 0.1) is 13.2 Å². The zero-order valence-electron chi connectivity index (χ0n) is 24.3. The normalized spacial score (nSPS) is 11.1. The smallest absolute Gasteiger partial charge is 0.134 e. The van der Waals surface area contributed by atoms with Crippen LogP contribution in [0.25, 0.3) is 22.3 Å². The van der Waals surface area contributed by atoms with Crippen molar-refractivity contribution in [1.82, 2.24) is 0 Å². The fourth-order valence-corrected chi connectivity index (χ4v) is 5.03. The van der Waals surface area contributed by atoms with Gasteiger partial charge in [-0.15, -0.1) is 6.58 Å².